The molecule has 1 fully saturated rings. The molecule has 0 radical (unpaired) electrons. The first-order chi connectivity index (χ1) is 11.5. The van der Waals surface area contributed by atoms with Crippen LogP contribution in [0.4, 0.5) is 13.2 Å². The minimum Gasteiger partial charge on any atom is -0.302 e. The average Bonchev–Trinajstić information content (AvgIpc) is 2.99. The Hall–Kier alpha value is -1.92. The Balaban J connectivity index is 1.72. The molecule has 0 bridgehead atoms. The molecular weight excluding hydrogens is 315 g/mol. The molecule has 2 aromatic rings. The summed E-state index contributed by atoms with van der Waals surface area (Å²) in [6, 6.07) is 13.8. The average molecular weight is 335 g/mol. The molecule has 1 aliphatic rings. The smallest absolute Gasteiger partial charge is 0.302 e. The lowest BCUT2D eigenvalue weighted by molar-refractivity contribution is -0.143. The third-order valence-electron chi connectivity index (χ3n) is 4.25. The Morgan fingerprint density at radius 2 is 1.75 bits per heavy atom. The van der Waals surface area contributed by atoms with Crippen LogP contribution < -0.4 is 5.32 Å². The van der Waals surface area contributed by atoms with Gasteiger partial charge in [-0.15, -0.1) is 0 Å². The monoisotopic (exact) mass is 335 g/mol. The predicted octanol–water partition coefficient (Wildman–Crippen LogP) is 3.40. The van der Waals surface area contributed by atoms with Crippen molar-refractivity contribution in [1.82, 2.24) is 15.2 Å². The number of nitrogens with one attached hydrogen (secondary N) is 1. The molecule has 1 aliphatic heterocycles. The Kier molecular flexibility index (Phi) is 5.16. The van der Waals surface area contributed by atoms with Gasteiger partial charge in [-0.25, -0.2) is 0 Å². The molecule has 3 rings (SSSR count). The van der Waals surface area contributed by atoms with E-state index in [4.69, 9.17) is 0 Å². The van der Waals surface area contributed by atoms with Crippen molar-refractivity contribution in [2.24, 2.45) is 0 Å². The van der Waals surface area contributed by atoms with Gasteiger partial charge in [-0.2, -0.15) is 13.2 Å². The lowest BCUT2D eigenvalue weighted by Crippen LogP contribution is -2.38. The Bertz CT molecular complexity index is 591. The number of aromatic nitrogens is 1. The van der Waals surface area contributed by atoms with Gasteiger partial charge >= 0.3 is 6.18 Å². The second-order valence-electron chi connectivity index (χ2n) is 6.13. The number of hydrogen-bond acceptors (Lipinski definition) is 3. The van der Waals surface area contributed by atoms with Gasteiger partial charge in [-0.3, -0.25) is 9.88 Å². The van der Waals surface area contributed by atoms with E-state index in [1.54, 1.807) is 12.4 Å². The fourth-order valence-electron chi connectivity index (χ4n) is 3.19. The number of alkyl halides is 3. The van der Waals surface area contributed by atoms with Crippen LogP contribution in [0, 0.1) is 0 Å². The summed E-state index contributed by atoms with van der Waals surface area (Å²) in [5.74, 6) is 0. The highest BCUT2D eigenvalue weighted by Crippen LogP contribution is 2.25. The van der Waals surface area contributed by atoms with Crippen LogP contribution in [0.5, 0.6) is 0 Å². The van der Waals surface area contributed by atoms with Crippen LogP contribution in [0.3, 0.4) is 0 Å². The molecule has 3 nitrogen and oxygen atoms in total. The standard InChI is InChI=1S/C18H20F3N3/c19-18(20,21)13-24-11-8-16(12-24)23-17(14-4-2-1-3-5-14)15-6-9-22-10-7-15/h1-7,9-10,16-17,23H,8,11-13H2. The molecule has 0 aliphatic carbocycles. The number of pyridine rings is 1. The van der Waals surface area contributed by atoms with Crippen LogP contribution in [-0.2, 0) is 0 Å². The van der Waals surface area contributed by atoms with Gasteiger partial charge in [-0.1, -0.05) is 30.3 Å². The van der Waals surface area contributed by atoms with Crippen LogP contribution in [-0.4, -0.2) is 41.7 Å². The lowest BCUT2D eigenvalue weighted by atomic mass is 9.98. The zero-order chi connectivity index (χ0) is 17.0. The molecular formula is C18H20F3N3. The van der Waals surface area contributed by atoms with E-state index in [0.29, 0.717) is 19.5 Å². The van der Waals surface area contributed by atoms with E-state index in [1.807, 2.05) is 42.5 Å². The number of benzene rings is 1. The molecule has 2 heterocycles. The van der Waals surface area contributed by atoms with Crippen molar-refractivity contribution >= 4 is 0 Å². The van der Waals surface area contributed by atoms with Gasteiger partial charge in [0.1, 0.15) is 0 Å². The largest absolute Gasteiger partial charge is 0.401 e. The molecule has 24 heavy (non-hydrogen) atoms. The molecule has 2 atom stereocenters. The van der Waals surface area contributed by atoms with Crippen molar-refractivity contribution in [3.8, 4) is 0 Å². The van der Waals surface area contributed by atoms with Crippen LogP contribution in [0.2, 0.25) is 0 Å². The summed E-state index contributed by atoms with van der Waals surface area (Å²) in [5, 5.41) is 3.53. The van der Waals surface area contributed by atoms with Crippen LogP contribution >= 0.6 is 0 Å². The maximum atomic E-state index is 12.6. The Morgan fingerprint density at radius 3 is 2.42 bits per heavy atom. The van der Waals surface area contributed by atoms with Crippen molar-refractivity contribution in [3.63, 3.8) is 0 Å². The van der Waals surface area contributed by atoms with Crippen molar-refractivity contribution in [3.05, 3.63) is 66.0 Å². The number of hydrogen-bond donors (Lipinski definition) is 1. The number of likely N-dealkylation sites (tertiary alicyclic amines) is 1. The summed E-state index contributed by atoms with van der Waals surface area (Å²) >= 11 is 0. The van der Waals surface area contributed by atoms with Crippen LogP contribution in [0.25, 0.3) is 0 Å². The first-order valence-corrected chi connectivity index (χ1v) is 8.01. The lowest BCUT2D eigenvalue weighted by Gasteiger charge is -2.24. The maximum Gasteiger partial charge on any atom is 0.401 e. The van der Waals surface area contributed by atoms with Gasteiger partial charge < -0.3 is 5.32 Å². The summed E-state index contributed by atoms with van der Waals surface area (Å²) in [6.45, 7) is 0.0411. The third kappa shape index (κ3) is 4.55. The van der Waals surface area contributed by atoms with E-state index >= 15 is 0 Å². The number of rotatable bonds is 5. The quantitative estimate of drug-likeness (QED) is 0.908. The Labute approximate surface area is 139 Å². The van der Waals surface area contributed by atoms with E-state index in [0.717, 1.165) is 11.1 Å². The van der Waals surface area contributed by atoms with Crippen molar-refractivity contribution < 1.29 is 13.2 Å². The molecule has 0 amide bonds. The molecule has 1 saturated heterocycles. The van der Waals surface area contributed by atoms with Crippen molar-refractivity contribution in [1.29, 1.82) is 0 Å². The summed E-state index contributed by atoms with van der Waals surface area (Å²) in [5.41, 5.74) is 2.16. The molecule has 128 valence electrons. The molecule has 1 aromatic heterocycles. The van der Waals surface area contributed by atoms with Gasteiger partial charge in [0.05, 0.1) is 12.6 Å². The van der Waals surface area contributed by atoms with E-state index in [1.165, 1.54) is 4.90 Å². The van der Waals surface area contributed by atoms with Crippen molar-refractivity contribution in [2.75, 3.05) is 19.6 Å². The van der Waals surface area contributed by atoms with Crippen molar-refractivity contribution in [2.45, 2.75) is 24.7 Å². The fourth-order valence-corrected chi connectivity index (χ4v) is 3.19. The van der Waals surface area contributed by atoms with E-state index in [9.17, 15) is 13.2 Å². The summed E-state index contributed by atoms with van der Waals surface area (Å²) < 4.78 is 37.7. The highest BCUT2D eigenvalue weighted by atomic mass is 19.4. The summed E-state index contributed by atoms with van der Waals surface area (Å²) in [4.78, 5) is 5.51. The first-order valence-electron chi connectivity index (χ1n) is 8.01. The van der Waals surface area contributed by atoms with Gasteiger partial charge in [-0.05, 0) is 29.7 Å². The van der Waals surface area contributed by atoms with E-state index in [-0.39, 0.29) is 12.1 Å². The fraction of sp³-hybridized carbons (Fsp3) is 0.389. The second-order valence-corrected chi connectivity index (χ2v) is 6.13. The third-order valence-corrected chi connectivity index (χ3v) is 4.25. The highest BCUT2D eigenvalue weighted by molar-refractivity contribution is 5.30. The maximum absolute atomic E-state index is 12.6. The molecule has 2 unspecified atom stereocenters. The van der Waals surface area contributed by atoms with E-state index < -0.39 is 12.7 Å². The molecule has 0 saturated carbocycles. The molecule has 1 N–H and O–H groups in total. The first kappa shape index (κ1) is 16.9. The number of halogens is 3. The number of nitrogens with zero attached hydrogens (tertiary/aromatic N) is 2. The summed E-state index contributed by atoms with van der Waals surface area (Å²) in [7, 11) is 0. The minimum atomic E-state index is -4.14. The SMILES string of the molecule is FC(F)(F)CN1CCC(NC(c2ccccc2)c2ccncc2)C1. The highest BCUT2D eigenvalue weighted by Gasteiger charge is 2.35. The normalized spacial score (nSPS) is 20.2. The topological polar surface area (TPSA) is 28.2 Å². The van der Waals surface area contributed by atoms with Crippen LogP contribution in [0.15, 0.2) is 54.9 Å². The molecule has 0 spiro atoms. The second kappa shape index (κ2) is 7.32. The van der Waals surface area contributed by atoms with Crippen LogP contribution in [0.1, 0.15) is 23.6 Å². The van der Waals surface area contributed by atoms with Gasteiger partial charge in [0.25, 0.3) is 0 Å². The zero-order valence-corrected chi connectivity index (χ0v) is 13.2. The van der Waals surface area contributed by atoms with Gasteiger partial charge in [0.2, 0.25) is 0 Å². The summed E-state index contributed by atoms with van der Waals surface area (Å²) in [6.07, 6.45) is 0.0401. The van der Waals surface area contributed by atoms with E-state index in [2.05, 4.69) is 10.3 Å². The van der Waals surface area contributed by atoms with Gasteiger partial charge in [0, 0.05) is 31.5 Å². The molecule has 6 heteroatoms. The predicted molar refractivity (Wildman–Crippen MR) is 86.6 cm³/mol. The Morgan fingerprint density at radius 1 is 1.08 bits per heavy atom. The zero-order valence-electron chi connectivity index (χ0n) is 13.2. The van der Waals surface area contributed by atoms with Gasteiger partial charge in [0.15, 0.2) is 0 Å². The minimum absolute atomic E-state index is 0.0331. The molecule has 1 aromatic carbocycles.